The first-order chi connectivity index (χ1) is 9.11. The van der Waals surface area contributed by atoms with Crippen LogP contribution in [0.5, 0.6) is 0 Å². The van der Waals surface area contributed by atoms with Crippen LogP contribution >= 0.6 is 0 Å². The number of pyridine rings is 1. The molecule has 1 heterocycles. The second-order valence-electron chi connectivity index (χ2n) is 5.39. The zero-order chi connectivity index (χ0) is 14.1. The van der Waals surface area contributed by atoms with E-state index in [4.69, 9.17) is 5.73 Å². The molecule has 0 radical (unpaired) electrons. The van der Waals surface area contributed by atoms with E-state index in [1.54, 1.807) is 12.4 Å². The van der Waals surface area contributed by atoms with Crippen LogP contribution in [0.25, 0.3) is 0 Å². The Morgan fingerprint density at radius 3 is 2.63 bits per heavy atom. The van der Waals surface area contributed by atoms with Gasteiger partial charge in [-0.3, -0.25) is 9.78 Å². The summed E-state index contributed by atoms with van der Waals surface area (Å²) in [5.41, 5.74) is 6.89. The number of carbonyl (C=O) groups is 1. The molecule has 0 saturated heterocycles. The minimum atomic E-state index is 0.102. The minimum absolute atomic E-state index is 0.102. The molecule has 1 aromatic heterocycles. The van der Waals surface area contributed by atoms with Gasteiger partial charge >= 0.3 is 0 Å². The van der Waals surface area contributed by atoms with Crippen molar-refractivity contribution in [2.75, 3.05) is 13.1 Å². The molecule has 0 spiro atoms. The van der Waals surface area contributed by atoms with Crippen LogP contribution < -0.4 is 11.1 Å². The summed E-state index contributed by atoms with van der Waals surface area (Å²) in [5, 5.41) is 2.95. The van der Waals surface area contributed by atoms with Gasteiger partial charge in [0.25, 0.3) is 0 Å². The molecular formula is C15H25N3O. The van der Waals surface area contributed by atoms with E-state index in [1.165, 1.54) is 5.56 Å². The summed E-state index contributed by atoms with van der Waals surface area (Å²) in [7, 11) is 0. The van der Waals surface area contributed by atoms with Gasteiger partial charge in [0.15, 0.2) is 0 Å². The normalized spacial score (nSPS) is 12.4. The molecule has 3 N–H and O–H groups in total. The van der Waals surface area contributed by atoms with Crippen LogP contribution in [0.3, 0.4) is 0 Å². The third kappa shape index (κ3) is 6.91. The molecule has 4 nitrogen and oxygen atoms in total. The second-order valence-corrected chi connectivity index (χ2v) is 5.39. The molecule has 0 bridgehead atoms. The zero-order valence-electron chi connectivity index (χ0n) is 11.9. The number of hydrogen-bond donors (Lipinski definition) is 2. The number of aromatic nitrogens is 1. The van der Waals surface area contributed by atoms with Gasteiger partial charge in [0, 0.05) is 25.4 Å². The summed E-state index contributed by atoms with van der Waals surface area (Å²) in [6.45, 7) is 5.56. The fraction of sp³-hybridized carbons (Fsp3) is 0.600. The summed E-state index contributed by atoms with van der Waals surface area (Å²) in [6.07, 6.45) is 5.92. The van der Waals surface area contributed by atoms with Crippen molar-refractivity contribution in [1.82, 2.24) is 10.3 Å². The number of amides is 1. The van der Waals surface area contributed by atoms with Gasteiger partial charge in [0.1, 0.15) is 0 Å². The van der Waals surface area contributed by atoms with Crippen molar-refractivity contribution >= 4 is 5.91 Å². The summed E-state index contributed by atoms with van der Waals surface area (Å²) in [5.74, 6) is 0.976. The molecule has 0 aliphatic heterocycles. The largest absolute Gasteiger partial charge is 0.356 e. The van der Waals surface area contributed by atoms with E-state index >= 15 is 0 Å². The number of nitrogens with two attached hydrogens (primary N) is 1. The maximum atomic E-state index is 11.8. The summed E-state index contributed by atoms with van der Waals surface area (Å²) in [4.78, 5) is 15.8. The molecule has 0 fully saturated rings. The molecule has 0 saturated carbocycles. The lowest BCUT2D eigenvalue weighted by Gasteiger charge is -2.16. The number of nitrogens with zero attached hydrogens (tertiary/aromatic N) is 1. The zero-order valence-corrected chi connectivity index (χ0v) is 11.9. The Kier molecular flexibility index (Phi) is 7.11. The molecule has 1 aromatic rings. The molecule has 106 valence electrons. The van der Waals surface area contributed by atoms with Gasteiger partial charge in [0.2, 0.25) is 5.91 Å². The van der Waals surface area contributed by atoms with Gasteiger partial charge in [-0.05, 0) is 48.9 Å². The van der Waals surface area contributed by atoms with Gasteiger partial charge in [-0.1, -0.05) is 13.8 Å². The lowest BCUT2D eigenvalue weighted by atomic mass is 9.94. The number of rotatable bonds is 8. The molecule has 0 aromatic carbocycles. The minimum Gasteiger partial charge on any atom is -0.356 e. The van der Waals surface area contributed by atoms with Crippen molar-refractivity contribution < 1.29 is 4.79 Å². The molecule has 19 heavy (non-hydrogen) atoms. The van der Waals surface area contributed by atoms with Crippen LogP contribution in [0.2, 0.25) is 0 Å². The van der Waals surface area contributed by atoms with Gasteiger partial charge in [-0.2, -0.15) is 0 Å². The van der Waals surface area contributed by atoms with E-state index in [2.05, 4.69) is 24.1 Å². The van der Waals surface area contributed by atoms with E-state index < -0.39 is 0 Å². The fourth-order valence-electron chi connectivity index (χ4n) is 2.16. The van der Waals surface area contributed by atoms with Crippen molar-refractivity contribution in [2.45, 2.75) is 33.1 Å². The molecule has 0 unspecified atom stereocenters. The van der Waals surface area contributed by atoms with Crippen LogP contribution in [-0.4, -0.2) is 24.0 Å². The quantitative estimate of drug-likeness (QED) is 0.751. The Bertz CT molecular complexity index is 365. The Morgan fingerprint density at radius 1 is 1.37 bits per heavy atom. The fourth-order valence-corrected chi connectivity index (χ4v) is 2.16. The average Bonchev–Trinajstić information content (AvgIpc) is 2.38. The van der Waals surface area contributed by atoms with Crippen molar-refractivity contribution in [1.29, 1.82) is 0 Å². The highest BCUT2D eigenvalue weighted by Crippen LogP contribution is 2.13. The van der Waals surface area contributed by atoms with Crippen LogP contribution in [0, 0.1) is 11.8 Å². The van der Waals surface area contributed by atoms with E-state index in [9.17, 15) is 4.79 Å². The van der Waals surface area contributed by atoms with Crippen molar-refractivity contribution in [3.05, 3.63) is 30.1 Å². The van der Waals surface area contributed by atoms with Crippen LogP contribution in [0.4, 0.5) is 0 Å². The second kappa shape index (κ2) is 8.64. The SMILES string of the molecule is CC(C)C[C@H](CN)CC(=O)NCCc1ccncc1. The Hall–Kier alpha value is -1.42. The predicted molar refractivity (Wildman–Crippen MR) is 77.6 cm³/mol. The summed E-state index contributed by atoms with van der Waals surface area (Å²) >= 11 is 0. The third-order valence-electron chi connectivity index (χ3n) is 3.10. The highest BCUT2D eigenvalue weighted by molar-refractivity contribution is 5.76. The summed E-state index contributed by atoms with van der Waals surface area (Å²) in [6, 6.07) is 3.93. The number of nitrogens with one attached hydrogen (secondary N) is 1. The lowest BCUT2D eigenvalue weighted by Crippen LogP contribution is -2.30. The van der Waals surface area contributed by atoms with Gasteiger partial charge < -0.3 is 11.1 Å². The van der Waals surface area contributed by atoms with Crippen LogP contribution in [0.15, 0.2) is 24.5 Å². The molecule has 0 aliphatic carbocycles. The van der Waals surface area contributed by atoms with Crippen LogP contribution in [-0.2, 0) is 11.2 Å². The molecule has 1 amide bonds. The van der Waals surface area contributed by atoms with Gasteiger partial charge in [-0.15, -0.1) is 0 Å². The van der Waals surface area contributed by atoms with Crippen LogP contribution in [0.1, 0.15) is 32.3 Å². The molecule has 0 aliphatic rings. The first-order valence-electron chi connectivity index (χ1n) is 6.97. The first-order valence-corrected chi connectivity index (χ1v) is 6.97. The standard InChI is InChI=1S/C15H25N3O/c1-12(2)9-14(11-16)10-15(19)18-8-5-13-3-6-17-7-4-13/h3-4,6-7,12,14H,5,8-11,16H2,1-2H3,(H,18,19)/t14-/m0/s1. The lowest BCUT2D eigenvalue weighted by molar-refractivity contribution is -0.122. The van der Waals surface area contributed by atoms with E-state index in [-0.39, 0.29) is 5.91 Å². The third-order valence-corrected chi connectivity index (χ3v) is 3.10. The predicted octanol–water partition coefficient (Wildman–Crippen LogP) is 1.75. The summed E-state index contributed by atoms with van der Waals surface area (Å²) < 4.78 is 0. The topological polar surface area (TPSA) is 68.0 Å². The maximum Gasteiger partial charge on any atom is 0.220 e. The maximum absolute atomic E-state index is 11.8. The first kappa shape index (κ1) is 15.6. The Labute approximate surface area is 115 Å². The van der Waals surface area contributed by atoms with Crippen molar-refractivity contribution in [2.24, 2.45) is 17.6 Å². The Balaban J connectivity index is 2.23. The molecule has 4 heteroatoms. The highest BCUT2D eigenvalue weighted by atomic mass is 16.1. The number of hydrogen-bond acceptors (Lipinski definition) is 3. The van der Waals surface area contributed by atoms with E-state index in [0.29, 0.717) is 31.3 Å². The van der Waals surface area contributed by atoms with Gasteiger partial charge in [-0.25, -0.2) is 0 Å². The number of carbonyl (C=O) groups excluding carboxylic acids is 1. The van der Waals surface area contributed by atoms with E-state index in [0.717, 1.165) is 12.8 Å². The van der Waals surface area contributed by atoms with E-state index in [1.807, 2.05) is 12.1 Å². The van der Waals surface area contributed by atoms with Crippen molar-refractivity contribution in [3.63, 3.8) is 0 Å². The Morgan fingerprint density at radius 2 is 2.05 bits per heavy atom. The van der Waals surface area contributed by atoms with Gasteiger partial charge in [0.05, 0.1) is 0 Å². The average molecular weight is 263 g/mol. The smallest absolute Gasteiger partial charge is 0.220 e. The molecular weight excluding hydrogens is 238 g/mol. The van der Waals surface area contributed by atoms with Crippen molar-refractivity contribution in [3.8, 4) is 0 Å². The molecule has 1 rings (SSSR count). The monoisotopic (exact) mass is 263 g/mol. The highest BCUT2D eigenvalue weighted by Gasteiger charge is 2.13. The molecule has 1 atom stereocenters.